The first-order valence-electron chi connectivity index (χ1n) is 3.19. The number of hydrogen-bond acceptors (Lipinski definition) is 3. The molecule has 14 heavy (non-hydrogen) atoms. The molecule has 7 heteroatoms. The molecule has 0 aliphatic heterocycles. The summed E-state index contributed by atoms with van der Waals surface area (Å²) in [5, 5.41) is 8.90. The number of nitriles is 1. The molecule has 1 aromatic carbocycles. The highest BCUT2D eigenvalue weighted by atomic mass is 35.5. The monoisotopic (exact) mass is 235 g/mol. The molecule has 0 fully saturated rings. The Balaban J connectivity index is 0.000000292. The lowest BCUT2D eigenvalue weighted by molar-refractivity contribution is 0.381. The molecule has 1 aromatic rings. The van der Waals surface area contributed by atoms with Crippen molar-refractivity contribution in [3.05, 3.63) is 34.9 Å². The molecule has 0 heterocycles. The Morgan fingerprint density at radius 2 is 1.71 bits per heavy atom. The molecule has 76 valence electrons. The maximum atomic E-state index is 8.74. The molecule has 2 N–H and O–H groups in total. The van der Waals surface area contributed by atoms with Crippen LogP contribution in [0.4, 0.5) is 0 Å². The standard InChI is InChI=1S/C7H4ClN.H2O4S/c8-7-4-2-1-3-6(7)5-9;1-5(2,3)4/h1-4H;(H2,1,2,3,4). The minimum atomic E-state index is -4.67. The summed E-state index contributed by atoms with van der Waals surface area (Å²) in [7, 11) is -4.67. The van der Waals surface area contributed by atoms with E-state index in [9.17, 15) is 0 Å². The molecule has 5 nitrogen and oxygen atoms in total. The zero-order valence-corrected chi connectivity index (χ0v) is 8.33. The Bertz CT molecular complexity index is 429. The Morgan fingerprint density at radius 3 is 2.00 bits per heavy atom. The van der Waals surface area contributed by atoms with E-state index in [1.807, 2.05) is 6.07 Å². The lowest BCUT2D eigenvalue weighted by Gasteiger charge is -1.88. The summed E-state index contributed by atoms with van der Waals surface area (Å²) in [6.45, 7) is 0. The van der Waals surface area contributed by atoms with Gasteiger partial charge in [-0.15, -0.1) is 0 Å². The third kappa shape index (κ3) is 7.52. The van der Waals surface area contributed by atoms with Crippen molar-refractivity contribution in [2.24, 2.45) is 0 Å². The molecule has 0 bridgehead atoms. The quantitative estimate of drug-likeness (QED) is 0.665. The van der Waals surface area contributed by atoms with E-state index >= 15 is 0 Å². The van der Waals surface area contributed by atoms with Gasteiger partial charge in [0.15, 0.2) is 0 Å². The second kappa shape index (κ2) is 5.57. The molecular weight excluding hydrogens is 230 g/mol. The van der Waals surface area contributed by atoms with Crippen molar-refractivity contribution < 1.29 is 17.5 Å². The molecule has 0 aliphatic carbocycles. The number of hydrogen-bond donors (Lipinski definition) is 2. The van der Waals surface area contributed by atoms with E-state index < -0.39 is 10.4 Å². The highest BCUT2D eigenvalue weighted by molar-refractivity contribution is 7.79. The topological polar surface area (TPSA) is 98.4 Å². The third-order valence-electron chi connectivity index (χ3n) is 0.994. The van der Waals surface area contributed by atoms with Crippen LogP contribution in [0.15, 0.2) is 24.3 Å². The van der Waals surface area contributed by atoms with Gasteiger partial charge in [-0.3, -0.25) is 9.11 Å². The summed E-state index contributed by atoms with van der Waals surface area (Å²) < 4.78 is 31.6. The van der Waals surface area contributed by atoms with Crippen molar-refractivity contribution >= 4 is 22.0 Å². The van der Waals surface area contributed by atoms with Crippen molar-refractivity contribution in [1.29, 1.82) is 5.26 Å². The minimum absolute atomic E-state index is 0.514. The molecule has 0 radical (unpaired) electrons. The van der Waals surface area contributed by atoms with Crippen molar-refractivity contribution in [3.63, 3.8) is 0 Å². The summed E-state index contributed by atoms with van der Waals surface area (Å²) in [5.41, 5.74) is 0.527. The first kappa shape index (κ1) is 12.9. The van der Waals surface area contributed by atoms with Gasteiger partial charge in [0.1, 0.15) is 6.07 Å². The van der Waals surface area contributed by atoms with Crippen LogP contribution in [0.2, 0.25) is 5.02 Å². The maximum absolute atomic E-state index is 8.74. The van der Waals surface area contributed by atoms with Crippen LogP contribution < -0.4 is 0 Å². The van der Waals surface area contributed by atoms with Gasteiger partial charge < -0.3 is 0 Å². The summed E-state index contributed by atoms with van der Waals surface area (Å²) in [4.78, 5) is 0. The van der Waals surface area contributed by atoms with Crippen molar-refractivity contribution in [2.75, 3.05) is 0 Å². The Hall–Kier alpha value is -1.13. The fourth-order valence-corrected chi connectivity index (χ4v) is 0.730. The van der Waals surface area contributed by atoms with Crippen molar-refractivity contribution in [1.82, 2.24) is 0 Å². The van der Waals surface area contributed by atoms with Gasteiger partial charge in [0.05, 0.1) is 10.6 Å². The van der Waals surface area contributed by atoms with Crippen LogP contribution in [0, 0.1) is 11.3 Å². The molecular formula is C7H6ClNO4S. The summed E-state index contributed by atoms with van der Waals surface area (Å²) in [6.07, 6.45) is 0. The van der Waals surface area contributed by atoms with Crippen LogP contribution in [-0.2, 0) is 10.4 Å². The molecule has 0 saturated carbocycles. The summed E-state index contributed by atoms with van der Waals surface area (Å²) >= 11 is 5.60. The first-order valence-corrected chi connectivity index (χ1v) is 4.96. The molecule has 0 amide bonds. The van der Waals surface area contributed by atoms with E-state index in [4.69, 9.17) is 34.4 Å². The fraction of sp³-hybridized carbons (Fsp3) is 0. The normalized spacial score (nSPS) is 9.57. The van der Waals surface area contributed by atoms with Crippen LogP contribution >= 0.6 is 11.6 Å². The minimum Gasteiger partial charge on any atom is -0.264 e. The van der Waals surface area contributed by atoms with Crippen LogP contribution in [0.25, 0.3) is 0 Å². The van der Waals surface area contributed by atoms with E-state index in [1.165, 1.54) is 0 Å². The number of rotatable bonds is 0. The average molecular weight is 236 g/mol. The lowest BCUT2D eigenvalue weighted by Crippen LogP contribution is -1.89. The van der Waals surface area contributed by atoms with Gasteiger partial charge in [0, 0.05) is 0 Å². The number of halogens is 1. The smallest absolute Gasteiger partial charge is 0.264 e. The third-order valence-corrected chi connectivity index (χ3v) is 1.32. The van der Waals surface area contributed by atoms with E-state index in [-0.39, 0.29) is 0 Å². The van der Waals surface area contributed by atoms with E-state index in [0.29, 0.717) is 10.6 Å². The fourth-order valence-electron chi connectivity index (χ4n) is 0.552. The Kier molecular flexibility index (Phi) is 5.12. The van der Waals surface area contributed by atoms with Gasteiger partial charge in [0.2, 0.25) is 0 Å². The van der Waals surface area contributed by atoms with E-state index in [1.54, 1.807) is 24.3 Å². The largest absolute Gasteiger partial charge is 0.394 e. The maximum Gasteiger partial charge on any atom is 0.394 e. The average Bonchev–Trinajstić information content (AvgIpc) is 2.02. The molecule has 0 atom stereocenters. The lowest BCUT2D eigenvalue weighted by atomic mass is 10.2. The summed E-state index contributed by atoms with van der Waals surface area (Å²) in [5.74, 6) is 0. The number of nitrogens with zero attached hydrogens (tertiary/aromatic N) is 1. The molecule has 0 aliphatic rings. The SMILES string of the molecule is N#Cc1ccccc1Cl.O=S(=O)(O)O. The van der Waals surface area contributed by atoms with Crippen LogP contribution in [0.3, 0.4) is 0 Å². The van der Waals surface area contributed by atoms with Crippen LogP contribution in [0.1, 0.15) is 5.56 Å². The first-order chi connectivity index (χ1) is 6.34. The van der Waals surface area contributed by atoms with E-state index in [2.05, 4.69) is 0 Å². The van der Waals surface area contributed by atoms with Gasteiger partial charge in [-0.1, -0.05) is 23.7 Å². The molecule has 1 rings (SSSR count). The second-order valence-corrected chi connectivity index (χ2v) is 3.34. The van der Waals surface area contributed by atoms with Crippen molar-refractivity contribution in [2.45, 2.75) is 0 Å². The predicted octanol–water partition coefficient (Wildman–Crippen LogP) is 1.56. The second-order valence-electron chi connectivity index (χ2n) is 2.04. The van der Waals surface area contributed by atoms with Gasteiger partial charge in [-0.25, -0.2) is 0 Å². The van der Waals surface area contributed by atoms with Gasteiger partial charge in [-0.05, 0) is 12.1 Å². The molecule has 0 unspecified atom stereocenters. The van der Waals surface area contributed by atoms with Crippen LogP contribution in [0.5, 0.6) is 0 Å². The highest BCUT2D eigenvalue weighted by Crippen LogP contribution is 2.12. The zero-order valence-electron chi connectivity index (χ0n) is 6.75. The van der Waals surface area contributed by atoms with Crippen molar-refractivity contribution in [3.8, 4) is 6.07 Å². The zero-order chi connectivity index (χ0) is 11.2. The van der Waals surface area contributed by atoms with E-state index in [0.717, 1.165) is 0 Å². The number of benzene rings is 1. The van der Waals surface area contributed by atoms with Gasteiger partial charge in [0.25, 0.3) is 0 Å². The van der Waals surface area contributed by atoms with Gasteiger partial charge in [-0.2, -0.15) is 13.7 Å². The highest BCUT2D eigenvalue weighted by Gasteiger charge is 1.92. The molecule has 0 spiro atoms. The predicted molar refractivity (Wildman–Crippen MR) is 50.3 cm³/mol. The molecule has 0 saturated heterocycles. The van der Waals surface area contributed by atoms with Gasteiger partial charge >= 0.3 is 10.4 Å². The Labute approximate surface area is 86.1 Å². The Morgan fingerprint density at radius 1 is 1.29 bits per heavy atom. The van der Waals surface area contributed by atoms with Crippen LogP contribution in [-0.4, -0.2) is 17.5 Å². The summed E-state index contributed by atoms with van der Waals surface area (Å²) in [6, 6.07) is 8.92. The molecule has 0 aromatic heterocycles.